The van der Waals surface area contributed by atoms with E-state index >= 15 is 0 Å². The lowest BCUT2D eigenvalue weighted by Crippen LogP contribution is -2.23. The maximum Gasteiger partial charge on any atom is 0.255 e. The van der Waals surface area contributed by atoms with Crippen LogP contribution in [0.3, 0.4) is 0 Å². The van der Waals surface area contributed by atoms with E-state index in [-0.39, 0.29) is 11.8 Å². The number of thioether (sulfide) groups is 2. The molecule has 0 unspecified atom stereocenters. The minimum Gasteiger partial charge on any atom is -0.322 e. The molecule has 0 bridgehead atoms. The van der Waals surface area contributed by atoms with Crippen LogP contribution in [0, 0.1) is 0 Å². The molecule has 140 valence electrons. The van der Waals surface area contributed by atoms with Crippen LogP contribution >= 0.6 is 23.5 Å². The molecule has 2 fully saturated rings. The van der Waals surface area contributed by atoms with E-state index in [0.29, 0.717) is 22.3 Å². The molecule has 4 rings (SSSR count). The average Bonchev–Trinajstić information content (AvgIpc) is 3.15. The van der Waals surface area contributed by atoms with Gasteiger partial charge in [-0.2, -0.15) is 0 Å². The maximum absolute atomic E-state index is 12.6. The Morgan fingerprint density at radius 1 is 1.04 bits per heavy atom. The van der Waals surface area contributed by atoms with E-state index in [0.717, 1.165) is 18.7 Å². The highest BCUT2D eigenvalue weighted by molar-refractivity contribution is 8.16. The summed E-state index contributed by atoms with van der Waals surface area (Å²) in [5, 5.41) is 2.95. The van der Waals surface area contributed by atoms with E-state index < -0.39 is 0 Å². The SMILES string of the molecule is O=C(Nc1cccc(N2CCCC2=O)c1)c1ccc(C2SCCCS2)cc1. The van der Waals surface area contributed by atoms with Crippen LogP contribution in [0.2, 0.25) is 0 Å². The molecule has 0 spiro atoms. The van der Waals surface area contributed by atoms with Crippen molar-refractivity contribution in [3.05, 3.63) is 59.7 Å². The number of nitrogens with one attached hydrogen (secondary N) is 1. The first-order chi connectivity index (χ1) is 13.2. The number of carbonyl (C=O) groups excluding carboxylic acids is 2. The summed E-state index contributed by atoms with van der Waals surface area (Å²) in [4.78, 5) is 26.3. The molecule has 2 amide bonds. The first kappa shape index (κ1) is 18.4. The normalized spacial score (nSPS) is 17.9. The van der Waals surface area contributed by atoms with E-state index in [1.165, 1.54) is 23.5 Å². The summed E-state index contributed by atoms with van der Waals surface area (Å²) < 4.78 is 0.477. The van der Waals surface area contributed by atoms with E-state index in [1.807, 2.05) is 59.9 Å². The smallest absolute Gasteiger partial charge is 0.255 e. The van der Waals surface area contributed by atoms with Crippen molar-refractivity contribution in [2.75, 3.05) is 28.3 Å². The van der Waals surface area contributed by atoms with Crippen LogP contribution in [0.15, 0.2) is 48.5 Å². The summed E-state index contributed by atoms with van der Waals surface area (Å²) >= 11 is 3.95. The number of carbonyl (C=O) groups is 2. The molecule has 0 atom stereocenters. The summed E-state index contributed by atoms with van der Waals surface area (Å²) in [6.07, 6.45) is 2.76. The lowest BCUT2D eigenvalue weighted by atomic mass is 10.1. The van der Waals surface area contributed by atoms with Gasteiger partial charge in [-0.25, -0.2) is 0 Å². The summed E-state index contributed by atoms with van der Waals surface area (Å²) in [5.41, 5.74) is 3.47. The van der Waals surface area contributed by atoms with Gasteiger partial charge in [-0.05, 0) is 60.2 Å². The second-order valence-corrected chi connectivity index (χ2v) is 9.43. The Hall–Kier alpha value is -1.92. The van der Waals surface area contributed by atoms with Crippen LogP contribution in [-0.4, -0.2) is 29.9 Å². The fourth-order valence-corrected chi connectivity index (χ4v) is 6.24. The molecule has 0 aliphatic carbocycles. The van der Waals surface area contributed by atoms with Gasteiger partial charge in [0.15, 0.2) is 0 Å². The predicted molar refractivity (Wildman–Crippen MR) is 115 cm³/mol. The number of benzene rings is 2. The Labute approximate surface area is 168 Å². The van der Waals surface area contributed by atoms with Gasteiger partial charge < -0.3 is 10.2 Å². The van der Waals surface area contributed by atoms with Crippen LogP contribution in [0.1, 0.15) is 39.8 Å². The monoisotopic (exact) mass is 398 g/mol. The van der Waals surface area contributed by atoms with Crippen molar-refractivity contribution in [3.63, 3.8) is 0 Å². The fraction of sp³-hybridized carbons (Fsp3) is 0.333. The Balaban J connectivity index is 1.43. The molecular weight excluding hydrogens is 376 g/mol. The molecule has 2 aliphatic rings. The zero-order valence-corrected chi connectivity index (χ0v) is 16.7. The third-order valence-electron chi connectivity index (χ3n) is 4.76. The van der Waals surface area contributed by atoms with Gasteiger partial charge in [-0.15, -0.1) is 23.5 Å². The van der Waals surface area contributed by atoms with Gasteiger partial charge in [0, 0.05) is 29.9 Å². The summed E-state index contributed by atoms with van der Waals surface area (Å²) in [6.45, 7) is 0.745. The molecule has 27 heavy (non-hydrogen) atoms. The second-order valence-electron chi connectivity index (χ2n) is 6.70. The molecule has 0 saturated carbocycles. The largest absolute Gasteiger partial charge is 0.322 e. The van der Waals surface area contributed by atoms with Gasteiger partial charge in [0.05, 0.1) is 4.58 Å². The maximum atomic E-state index is 12.6. The molecule has 6 heteroatoms. The molecule has 2 aromatic rings. The molecule has 0 radical (unpaired) electrons. The number of anilines is 2. The van der Waals surface area contributed by atoms with E-state index in [2.05, 4.69) is 17.4 Å². The topological polar surface area (TPSA) is 49.4 Å². The Morgan fingerprint density at radius 2 is 1.81 bits per heavy atom. The van der Waals surface area contributed by atoms with Crippen molar-refractivity contribution < 1.29 is 9.59 Å². The molecule has 2 heterocycles. The first-order valence-corrected chi connectivity index (χ1v) is 11.4. The third-order valence-corrected chi connectivity index (χ3v) is 7.78. The van der Waals surface area contributed by atoms with Crippen molar-refractivity contribution in [3.8, 4) is 0 Å². The van der Waals surface area contributed by atoms with Crippen molar-refractivity contribution in [1.82, 2.24) is 0 Å². The Kier molecular flexibility index (Phi) is 5.74. The van der Waals surface area contributed by atoms with Crippen LogP contribution in [0.25, 0.3) is 0 Å². The number of nitrogens with zero attached hydrogens (tertiary/aromatic N) is 1. The fourth-order valence-electron chi connectivity index (χ4n) is 3.35. The number of hydrogen-bond donors (Lipinski definition) is 1. The molecule has 1 N–H and O–H groups in total. The zero-order chi connectivity index (χ0) is 18.6. The summed E-state index contributed by atoms with van der Waals surface area (Å²) in [5.74, 6) is 2.42. The number of amides is 2. The number of hydrogen-bond acceptors (Lipinski definition) is 4. The van der Waals surface area contributed by atoms with Gasteiger partial charge in [0.1, 0.15) is 0 Å². The Morgan fingerprint density at radius 3 is 2.52 bits per heavy atom. The number of rotatable bonds is 4. The highest BCUT2D eigenvalue weighted by Crippen LogP contribution is 2.43. The van der Waals surface area contributed by atoms with Gasteiger partial charge in [-0.1, -0.05) is 18.2 Å². The van der Waals surface area contributed by atoms with Gasteiger partial charge in [-0.3, -0.25) is 9.59 Å². The quantitative estimate of drug-likeness (QED) is 0.793. The molecule has 4 nitrogen and oxygen atoms in total. The van der Waals surface area contributed by atoms with Crippen molar-refractivity contribution in [2.24, 2.45) is 0 Å². The van der Waals surface area contributed by atoms with Gasteiger partial charge in [0.2, 0.25) is 5.91 Å². The standard InChI is InChI=1S/C21H22N2O2S2/c24-19-6-2-11-23(19)18-5-1-4-17(14-18)22-20(25)15-7-9-16(10-8-15)21-26-12-3-13-27-21/h1,4-5,7-10,14,21H,2-3,6,11-13H2,(H,22,25). The lowest BCUT2D eigenvalue weighted by molar-refractivity contribution is -0.117. The summed E-state index contributed by atoms with van der Waals surface area (Å²) in [7, 11) is 0. The zero-order valence-electron chi connectivity index (χ0n) is 15.0. The highest BCUT2D eigenvalue weighted by atomic mass is 32.2. The lowest BCUT2D eigenvalue weighted by Gasteiger charge is -2.21. The first-order valence-electron chi connectivity index (χ1n) is 9.26. The summed E-state index contributed by atoms with van der Waals surface area (Å²) in [6, 6.07) is 15.4. The molecule has 2 saturated heterocycles. The molecular formula is C21H22N2O2S2. The van der Waals surface area contributed by atoms with E-state index in [9.17, 15) is 9.59 Å². The van der Waals surface area contributed by atoms with Crippen LogP contribution < -0.4 is 10.2 Å². The molecule has 2 aliphatic heterocycles. The Bertz CT molecular complexity index is 832. The minimum atomic E-state index is -0.129. The predicted octanol–water partition coefficient (Wildman–Crippen LogP) is 4.93. The van der Waals surface area contributed by atoms with Gasteiger partial charge in [0.25, 0.3) is 5.91 Å². The van der Waals surface area contributed by atoms with Gasteiger partial charge >= 0.3 is 0 Å². The third kappa shape index (κ3) is 4.33. The highest BCUT2D eigenvalue weighted by Gasteiger charge is 2.22. The molecule has 2 aromatic carbocycles. The van der Waals surface area contributed by atoms with Crippen molar-refractivity contribution in [2.45, 2.75) is 23.8 Å². The van der Waals surface area contributed by atoms with Crippen LogP contribution in [-0.2, 0) is 4.79 Å². The molecule has 0 aromatic heterocycles. The van der Waals surface area contributed by atoms with Crippen LogP contribution in [0.4, 0.5) is 11.4 Å². The van der Waals surface area contributed by atoms with E-state index in [4.69, 9.17) is 0 Å². The van der Waals surface area contributed by atoms with Crippen molar-refractivity contribution in [1.29, 1.82) is 0 Å². The average molecular weight is 399 g/mol. The van der Waals surface area contributed by atoms with Crippen molar-refractivity contribution >= 4 is 46.7 Å². The van der Waals surface area contributed by atoms with Crippen LogP contribution in [0.5, 0.6) is 0 Å². The van der Waals surface area contributed by atoms with E-state index in [1.54, 1.807) is 4.90 Å². The second kappa shape index (κ2) is 8.40. The minimum absolute atomic E-state index is 0.129.